The molecule has 1 saturated heterocycles. The molecule has 1 aliphatic heterocycles. The predicted molar refractivity (Wildman–Crippen MR) is 84.3 cm³/mol. The van der Waals surface area contributed by atoms with Crippen LogP contribution in [-0.2, 0) is 16.0 Å². The summed E-state index contributed by atoms with van der Waals surface area (Å²) < 4.78 is 5.79. The van der Waals surface area contributed by atoms with Crippen molar-refractivity contribution in [3.05, 3.63) is 66.0 Å². The van der Waals surface area contributed by atoms with Crippen molar-refractivity contribution < 1.29 is 9.53 Å². The molecule has 1 aliphatic rings. The smallest absolute Gasteiger partial charge is 0.223 e. The van der Waals surface area contributed by atoms with E-state index in [4.69, 9.17) is 4.74 Å². The number of hydrogen-bond acceptors (Lipinski definition) is 3. The van der Waals surface area contributed by atoms with Gasteiger partial charge in [-0.2, -0.15) is 0 Å². The number of nitrogens with zero attached hydrogens (tertiary/aromatic N) is 2. The molecule has 22 heavy (non-hydrogen) atoms. The van der Waals surface area contributed by atoms with Crippen LogP contribution in [0, 0.1) is 0 Å². The summed E-state index contributed by atoms with van der Waals surface area (Å²) in [6.07, 6.45) is 4.81. The van der Waals surface area contributed by atoms with Crippen molar-refractivity contribution in [1.29, 1.82) is 0 Å². The molecule has 1 amide bonds. The molecule has 4 heteroatoms. The summed E-state index contributed by atoms with van der Waals surface area (Å²) in [6.45, 7) is 1.89. The Morgan fingerprint density at radius 3 is 2.73 bits per heavy atom. The number of aromatic nitrogens is 1. The van der Waals surface area contributed by atoms with Gasteiger partial charge in [0.1, 0.15) is 6.10 Å². The molecule has 0 radical (unpaired) electrons. The van der Waals surface area contributed by atoms with E-state index in [-0.39, 0.29) is 12.0 Å². The van der Waals surface area contributed by atoms with Crippen LogP contribution in [0.3, 0.4) is 0 Å². The fraction of sp³-hybridized carbons (Fsp3) is 0.333. The van der Waals surface area contributed by atoms with Crippen LogP contribution >= 0.6 is 0 Å². The first kappa shape index (κ1) is 14.7. The highest BCUT2D eigenvalue weighted by molar-refractivity contribution is 5.76. The fourth-order valence-corrected chi connectivity index (χ4v) is 2.71. The molecule has 1 aromatic carbocycles. The summed E-state index contributed by atoms with van der Waals surface area (Å²) in [7, 11) is 0. The number of amides is 1. The van der Waals surface area contributed by atoms with Gasteiger partial charge >= 0.3 is 0 Å². The number of hydrogen-bond donors (Lipinski definition) is 0. The molecule has 1 unspecified atom stereocenters. The third-order valence-electron chi connectivity index (χ3n) is 3.97. The minimum Gasteiger partial charge on any atom is -0.370 e. The highest BCUT2D eigenvalue weighted by atomic mass is 16.5. The van der Waals surface area contributed by atoms with Gasteiger partial charge in [0.2, 0.25) is 5.91 Å². The SMILES string of the molecule is O=C(CCc1ccccc1)N1CCOC(c2ccncc2)C1. The summed E-state index contributed by atoms with van der Waals surface area (Å²) in [5.74, 6) is 0.200. The number of carbonyl (C=O) groups excluding carboxylic acids is 1. The standard InChI is InChI=1S/C18H20N2O2/c21-18(7-6-15-4-2-1-3-5-15)20-12-13-22-17(14-20)16-8-10-19-11-9-16/h1-5,8-11,17H,6-7,12-14H2. The highest BCUT2D eigenvalue weighted by Crippen LogP contribution is 2.22. The van der Waals surface area contributed by atoms with Crippen molar-refractivity contribution in [3.63, 3.8) is 0 Å². The van der Waals surface area contributed by atoms with Gasteiger partial charge < -0.3 is 9.64 Å². The Morgan fingerprint density at radius 1 is 1.18 bits per heavy atom. The van der Waals surface area contributed by atoms with E-state index in [1.54, 1.807) is 12.4 Å². The van der Waals surface area contributed by atoms with Gasteiger partial charge in [-0.1, -0.05) is 30.3 Å². The normalized spacial score (nSPS) is 18.2. The van der Waals surface area contributed by atoms with Gasteiger partial charge in [0, 0.05) is 25.4 Å². The largest absolute Gasteiger partial charge is 0.370 e. The van der Waals surface area contributed by atoms with Crippen LogP contribution in [0.15, 0.2) is 54.9 Å². The van der Waals surface area contributed by atoms with E-state index in [1.807, 2.05) is 35.2 Å². The molecule has 0 aliphatic carbocycles. The van der Waals surface area contributed by atoms with Gasteiger partial charge in [-0.05, 0) is 29.7 Å². The van der Waals surface area contributed by atoms with E-state index in [0.717, 1.165) is 12.0 Å². The predicted octanol–water partition coefficient (Wildman–Crippen LogP) is 2.61. The Balaban J connectivity index is 1.56. The van der Waals surface area contributed by atoms with E-state index >= 15 is 0 Å². The molecular weight excluding hydrogens is 276 g/mol. The first-order valence-corrected chi connectivity index (χ1v) is 7.66. The second kappa shape index (κ2) is 7.18. The molecule has 1 fully saturated rings. The van der Waals surface area contributed by atoms with Crippen LogP contribution in [0.2, 0.25) is 0 Å². The van der Waals surface area contributed by atoms with Gasteiger partial charge in [-0.25, -0.2) is 0 Å². The zero-order valence-electron chi connectivity index (χ0n) is 12.5. The molecule has 114 valence electrons. The van der Waals surface area contributed by atoms with Crippen LogP contribution < -0.4 is 0 Å². The molecule has 1 aromatic heterocycles. The number of morpholine rings is 1. The van der Waals surface area contributed by atoms with Crippen LogP contribution in [0.1, 0.15) is 23.7 Å². The lowest BCUT2D eigenvalue weighted by atomic mass is 10.1. The summed E-state index contributed by atoms with van der Waals surface area (Å²) in [5.41, 5.74) is 2.28. The van der Waals surface area contributed by atoms with Crippen molar-refractivity contribution in [2.45, 2.75) is 18.9 Å². The molecule has 0 saturated carbocycles. The molecule has 0 spiro atoms. The Bertz CT molecular complexity index is 601. The number of benzene rings is 1. The lowest BCUT2D eigenvalue weighted by molar-refractivity contribution is -0.139. The van der Waals surface area contributed by atoms with Crippen molar-refractivity contribution in [2.24, 2.45) is 0 Å². The maximum atomic E-state index is 12.4. The molecule has 1 atom stereocenters. The van der Waals surface area contributed by atoms with Crippen molar-refractivity contribution in [3.8, 4) is 0 Å². The fourth-order valence-electron chi connectivity index (χ4n) is 2.71. The summed E-state index contributed by atoms with van der Waals surface area (Å²) in [4.78, 5) is 18.3. The Morgan fingerprint density at radius 2 is 1.95 bits per heavy atom. The van der Waals surface area contributed by atoms with E-state index < -0.39 is 0 Å². The molecule has 2 aromatic rings. The second-order valence-corrected chi connectivity index (χ2v) is 5.47. The van der Waals surface area contributed by atoms with Gasteiger partial charge in [-0.15, -0.1) is 0 Å². The summed E-state index contributed by atoms with van der Waals surface area (Å²) in [6, 6.07) is 14.0. The maximum absolute atomic E-state index is 12.4. The minimum atomic E-state index is -0.0441. The van der Waals surface area contributed by atoms with E-state index in [1.165, 1.54) is 5.56 Å². The van der Waals surface area contributed by atoms with Gasteiger partial charge in [0.25, 0.3) is 0 Å². The van der Waals surface area contributed by atoms with Gasteiger partial charge in [0.05, 0.1) is 13.2 Å². The van der Waals surface area contributed by atoms with Gasteiger partial charge in [-0.3, -0.25) is 9.78 Å². The van der Waals surface area contributed by atoms with Crippen molar-refractivity contribution in [2.75, 3.05) is 19.7 Å². The van der Waals surface area contributed by atoms with Crippen molar-refractivity contribution >= 4 is 5.91 Å². The van der Waals surface area contributed by atoms with E-state index in [9.17, 15) is 4.79 Å². The second-order valence-electron chi connectivity index (χ2n) is 5.47. The van der Waals surface area contributed by atoms with Crippen LogP contribution in [0.25, 0.3) is 0 Å². The molecule has 2 heterocycles. The lowest BCUT2D eigenvalue weighted by Gasteiger charge is -2.33. The number of pyridine rings is 1. The third kappa shape index (κ3) is 3.71. The quantitative estimate of drug-likeness (QED) is 0.871. The molecular formula is C18H20N2O2. The number of carbonyl (C=O) groups is 1. The zero-order valence-corrected chi connectivity index (χ0v) is 12.5. The maximum Gasteiger partial charge on any atom is 0.223 e. The summed E-state index contributed by atoms with van der Waals surface area (Å²) >= 11 is 0. The first-order chi connectivity index (χ1) is 10.8. The van der Waals surface area contributed by atoms with Crippen molar-refractivity contribution in [1.82, 2.24) is 9.88 Å². The van der Waals surface area contributed by atoms with E-state index in [2.05, 4.69) is 17.1 Å². The van der Waals surface area contributed by atoms with Crippen LogP contribution in [-0.4, -0.2) is 35.5 Å². The molecule has 3 rings (SSSR count). The van der Waals surface area contributed by atoms with Gasteiger partial charge in [0.15, 0.2) is 0 Å². The third-order valence-corrected chi connectivity index (χ3v) is 3.97. The highest BCUT2D eigenvalue weighted by Gasteiger charge is 2.24. The van der Waals surface area contributed by atoms with Crippen LogP contribution in [0.5, 0.6) is 0 Å². The lowest BCUT2D eigenvalue weighted by Crippen LogP contribution is -2.42. The number of aryl methyl sites for hydroxylation is 1. The zero-order chi connectivity index (χ0) is 15.2. The Hall–Kier alpha value is -2.20. The summed E-state index contributed by atoms with van der Waals surface area (Å²) in [5, 5.41) is 0. The Kier molecular flexibility index (Phi) is 4.81. The average molecular weight is 296 g/mol. The molecule has 0 bridgehead atoms. The average Bonchev–Trinajstić information content (AvgIpc) is 2.61. The molecule has 0 N–H and O–H groups in total. The topological polar surface area (TPSA) is 42.4 Å². The number of ether oxygens (including phenoxy) is 1. The van der Waals surface area contributed by atoms with Crippen LogP contribution in [0.4, 0.5) is 0 Å². The monoisotopic (exact) mass is 296 g/mol. The Labute approximate surface area is 130 Å². The minimum absolute atomic E-state index is 0.0441. The number of rotatable bonds is 4. The first-order valence-electron chi connectivity index (χ1n) is 7.66. The molecule has 4 nitrogen and oxygen atoms in total. The van der Waals surface area contributed by atoms with E-state index in [0.29, 0.717) is 26.1 Å².